The first-order valence-corrected chi connectivity index (χ1v) is 12.6. The number of hydrogen-bond acceptors (Lipinski definition) is 4. The van der Waals surface area contributed by atoms with Gasteiger partial charge in [-0.1, -0.05) is 11.6 Å². The van der Waals surface area contributed by atoms with Crippen LogP contribution in [0, 0.1) is 11.8 Å². The molecule has 1 N–H and O–H groups in total. The molecule has 2 fully saturated rings. The fourth-order valence-electron chi connectivity index (χ4n) is 5.06. The van der Waals surface area contributed by atoms with Gasteiger partial charge in [-0.2, -0.15) is 0 Å². The summed E-state index contributed by atoms with van der Waals surface area (Å²) in [4.78, 5) is 34.1. The smallest absolute Gasteiger partial charge is 0.278 e. The highest BCUT2D eigenvalue weighted by Gasteiger charge is 2.58. The number of benzene rings is 1. The zero-order valence-electron chi connectivity index (χ0n) is 18.7. The molecule has 0 spiro atoms. The van der Waals surface area contributed by atoms with E-state index in [1.807, 2.05) is 0 Å². The van der Waals surface area contributed by atoms with Gasteiger partial charge in [-0.25, -0.2) is 23.1 Å². The third-order valence-electron chi connectivity index (χ3n) is 6.92. The summed E-state index contributed by atoms with van der Waals surface area (Å²) < 4.78 is 81.7. The fraction of sp³-hybridized carbons (Fsp3) is 0.455. The number of nitrogens with one attached hydrogen (secondary N) is 1. The van der Waals surface area contributed by atoms with Crippen LogP contribution in [-0.2, 0) is 15.1 Å². The Balaban J connectivity index is 1.76. The average molecular weight is 555 g/mol. The van der Waals surface area contributed by atoms with Gasteiger partial charge in [0.2, 0.25) is 11.2 Å². The maximum absolute atomic E-state index is 14.2. The molecule has 2 aliphatic rings. The molecule has 2 amide bonds. The van der Waals surface area contributed by atoms with E-state index in [1.54, 1.807) is 0 Å². The number of carbonyl (C=O) groups excluding carboxylic acids is 2. The van der Waals surface area contributed by atoms with Crippen LogP contribution in [0.2, 0.25) is 0 Å². The Morgan fingerprint density at radius 2 is 1.78 bits per heavy atom. The Labute approximate surface area is 209 Å². The van der Waals surface area contributed by atoms with Gasteiger partial charge in [0, 0.05) is 42.0 Å². The van der Waals surface area contributed by atoms with E-state index in [4.69, 9.17) is 11.6 Å². The third kappa shape index (κ3) is 4.74. The zero-order chi connectivity index (χ0) is 26.5. The Morgan fingerprint density at radius 3 is 2.25 bits per heavy atom. The predicted octanol–water partition coefficient (Wildman–Crippen LogP) is 5.63. The molecule has 6 nitrogen and oxygen atoms in total. The van der Waals surface area contributed by atoms with Crippen LogP contribution >= 0.6 is 22.8 Å². The minimum atomic E-state index is -5.58. The van der Waals surface area contributed by atoms with Crippen LogP contribution in [-0.4, -0.2) is 39.4 Å². The summed E-state index contributed by atoms with van der Waals surface area (Å²) in [6.07, 6.45) is 3.37. The second-order valence-corrected chi connectivity index (χ2v) is 10.7. The number of aromatic nitrogens is 2. The minimum absolute atomic E-state index is 0.00664. The van der Waals surface area contributed by atoms with Gasteiger partial charge in [-0.15, -0.1) is 11.7 Å². The van der Waals surface area contributed by atoms with Crippen molar-refractivity contribution in [1.82, 2.24) is 15.3 Å². The Morgan fingerprint density at radius 1 is 1.17 bits per heavy atom. The van der Waals surface area contributed by atoms with E-state index in [0.29, 0.717) is 17.0 Å². The molecule has 1 aromatic carbocycles. The van der Waals surface area contributed by atoms with Crippen LogP contribution in [0.5, 0.6) is 0 Å². The highest BCUT2D eigenvalue weighted by molar-refractivity contribution is 8.20. The highest BCUT2D eigenvalue weighted by Crippen LogP contribution is 2.60. The lowest BCUT2D eigenvalue weighted by atomic mass is 9.87. The maximum Gasteiger partial charge on any atom is 0.278 e. The summed E-state index contributed by atoms with van der Waals surface area (Å²) in [5, 5.41) is 2.70. The highest BCUT2D eigenvalue weighted by atomic mass is 35.5. The predicted molar refractivity (Wildman–Crippen MR) is 121 cm³/mol. The summed E-state index contributed by atoms with van der Waals surface area (Å²) >= 11 is -0.132. The molecule has 5 atom stereocenters. The number of nitrogens with zero attached hydrogens (tertiary/aromatic N) is 3. The van der Waals surface area contributed by atoms with E-state index in [2.05, 4.69) is 15.3 Å². The van der Waals surface area contributed by atoms with Gasteiger partial charge in [-0.05, 0) is 49.9 Å². The molecule has 1 aromatic heterocycles. The molecule has 36 heavy (non-hydrogen) atoms. The lowest BCUT2D eigenvalue weighted by Crippen LogP contribution is -2.60. The summed E-state index contributed by atoms with van der Waals surface area (Å²) in [5.41, 5.74) is -4.96. The van der Waals surface area contributed by atoms with Crippen molar-refractivity contribution in [3.8, 4) is 0 Å². The standard InChI is InChI=1S/C22H21ClF6N4O2S/c1-21(14-9-30-11-31-10-14,20(35)32-17-7-13-6-12(17)8-22(13,25)26)33(19(34)18(23)24)15-2-4-16(5-3-15)36(27,28)29/h2-5,9-13,17-18H,6-8H2,1H3,(H,32,35)/t12?,13?,17-,18+,21-/m1/s1. The van der Waals surface area contributed by atoms with E-state index in [1.165, 1.54) is 19.3 Å². The van der Waals surface area contributed by atoms with Gasteiger partial charge in [0.05, 0.1) is 4.90 Å². The van der Waals surface area contributed by atoms with E-state index < -0.39 is 69.3 Å². The molecule has 2 bridgehead atoms. The topological polar surface area (TPSA) is 75.2 Å². The van der Waals surface area contributed by atoms with Gasteiger partial charge >= 0.3 is 0 Å². The number of carbonyl (C=O) groups is 2. The number of amides is 2. The largest absolute Gasteiger partial charge is 0.351 e. The first kappa shape index (κ1) is 26.5. The van der Waals surface area contributed by atoms with Crippen LogP contribution in [0.15, 0.2) is 47.9 Å². The molecule has 2 saturated carbocycles. The van der Waals surface area contributed by atoms with E-state index in [0.717, 1.165) is 18.5 Å². The van der Waals surface area contributed by atoms with Crippen molar-refractivity contribution in [3.63, 3.8) is 0 Å². The number of rotatable bonds is 7. The van der Waals surface area contributed by atoms with Crippen molar-refractivity contribution in [2.24, 2.45) is 11.8 Å². The number of anilines is 1. The second-order valence-electron chi connectivity index (χ2n) is 9.05. The van der Waals surface area contributed by atoms with E-state index >= 15 is 0 Å². The molecule has 2 aromatic rings. The number of alkyl halides is 4. The van der Waals surface area contributed by atoms with Crippen molar-refractivity contribution >= 4 is 40.3 Å². The fourth-order valence-corrected chi connectivity index (χ4v) is 5.60. The molecule has 0 saturated heterocycles. The van der Waals surface area contributed by atoms with Crippen LogP contribution < -0.4 is 10.2 Å². The SMILES string of the molecule is C[C@](C(=O)N[C@@H]1CC2CC1CC2(F)F)(c1cncnc1)N(C(=O)[C@H](F)Cl)c1ccc(S(F)(F)F)cc1. The Bertz CT molecular complexity index is 1140. The average Bonchev–Trinajstić information content (AvgIpc) is 3.34. The van der Waals surface area contributed by atoms with Gasteiger partial charge in [0.15, 0.2) is 5.54 Å². The molecule has 196 valence electrons. The molecule has 4 rings (SSSR count). The van der Waals surface area contributed by atoms with E-state index in [9.17, 15) is 34.4 Å². The van der Waals surface area contributed by atoms with Crippen molar-refractivity contribution in [3.05, 3.63) is 48.5 Å². The summed E-state index contributed by atoms with van der Waals surface area (Å²) in [7, 11) is 0. The lowest BCUT2D eigenvalue weighted by Gasteiger charge is -2.41. The van der Waals surface area contributed by atoms with Crippen molar-refractivity contribution in [2.75, 3.05) is 4.90 Å². The molecule has 0 aliphatic heterocycles. The van der Waals surface area contributed by atoms with Crippen LogP contribution in [0.4, 0.5) is 30.5 Å². The minimum Gasteiger partial charge on any atom is -0.351 e. The van der Waals surface area contributed by atoms with Crippen molar-refractivity contribution in [1.29, 1.82) is 0 Å². The molecular weight excluding hydrogens is 534 g/mol. The van der Waals surface area contributed by atoms with Crippen LogP contribution in [0.1, 0.15) is 31.7 Å². The first-order chi connectivity index (χ1) is 16.7. The molecule has 1 heterocycles. The van der Waals surface area contributed by atoms with Crippen molar-refractivity contribution in [2.45, 2.75) is 54.2 Å². The summed E-state index contributed by atoms with van der Waals surface area (Å²) in [5.74, 6) is -6.50. The van der Waals surface area contributed by atoms with Gasteiger partial charge in [-0.3, -0.25) is 14.5 Å². The zero-order valence-corrected chi connectivity index (χ0v) is 20.3. The van der Waals surface area contributed by atoms with Crippen molar-refractivity contribution < 1.29 is 34.4 Å². The Hall–Kier alpha value is -2.54. The quantitative estimate of drug-likeness (QED) is 0.356. The van der Waals surface area contributed by atoms with Crippen LogP contribution in [0.25, 0.3) is 0 Å². The number of halogens is 7. The molecular formula is C22H21ClF6N4O2S. The number of fused-ring (bicyclic) bond motifs is 2. The Kier molecular flexibility index (Phi) is 6.93. The van der Waals surface area contributed by atoms with Gasteiger partial charge < -0.3 is 5.32 Å². The van der Waals surface area contributed by atoms with E-state index in [-0.39, 0.29) is 24.1 Å². The maximum atomic E-state index is 14.2. The molecule has 2 aliphatic carbocycles. The van der Waals surface area contributed by atoms with Gasteiger partial charge in [0.25, 0.3) is 23.4 Å². The molecule has 0 radical (unpaired) electrons. The molecule has 14 heteroatoms. The van der Waals surface area contributed by atoms with Crippen LogP contribution in [0.3, 0.4) is 0 Å². The summed E-state index contributed by atoms with van der Waals surface area (Å²) in [6, 6.07) is 2.66. The molecule has 2 unspecified atom stereocenters. The number of hydrogen-bond donors (Lipinski definition) is 1. The lowest BCUT2D eigenvalue weighted by molar-refractivity contribution is -0.132. The second kappa shape index (κ2) is 9.40. The normalized spacial score (nSPS) is 25.6. The monoisotopic (exact) mass is 554 g/mol. The first-order valence-electron chi connectivity index (χ1n) is 10.8. The van der Waals surface area contributed by atoms with Gasteiger partial charge in [0.1, 0.15) is 6.33 Å². The summed E-state index contributed by atoms with van der Waals surface area (Å²) in [6.45, 7) is 1.24. The third-order valence-corrected chi connectivity index (χ3v) is 7.92.